The number of hydrogen-bond donors (Lipinski definition) is 1. The van der Waals surface area contributed by atoms with Crippen molar-refractivity contribution in [2.24, 2.45) is 5.41 Å². The molecule has 0 fully saturated rings. The molecular weight excluding hydrogens is 306 g/mol. The first-order valence-corrected chi connectivity index (χ1v) is 8.33. The van der Waals surface area contributed by atoms with Gasteiger partial charge in [-0.2, -0.15) is 0 Å². The molecule has 0 saturated heterocycles. The van der Waals surface area contributed by atoms with E-state index in [2.05, 4.69) is 20.7 Å². The van der Waals surface area contributed by atoms with E-state index in [9.17, 15) is 8.42 Å². The fraction of sp³-hybridized carbons (Fsp3) is 1.00. The van der Waals surface area contributed by atoms with Crippen molar-refractivity contribution in [2.75, 3.05) is 26.0 Å². The Labute approximate surface area is 114 Å². The number of hydrogen-bond acceptors (Lipinski definition) is 3. The average Bonchev–Trinajstić information content (AvgIpc) is 2.14. The Kier molecular flexibility index (Phi) is 7.87. The van der Waals surface area contributed by atoms with Crippen LogP contribution in [0.5, 0.6) is 0 Å². The normalized spacial score (nSPS) is 14.9. The van der Waals surface area contributed by atoms with Crippen LogP contribution >= 0.6 is 15.9 Å². The van der Waals surface area contributed by atoms with E-state index in [0.29, 0.717) is 19.6 Å². The zero-order chi connectivity index (χ0) is 13.5. The van der Waals surface area contributed by atoms with E-state index >= 15 is 0 Å². The number of nitrogens with one attached hydrogen (secondary N) is 1. The summed E-state index contributed by atoms with van der Waals surface area (Å²) >= 11 is 3.42. The fourth-order valence-electron chi connectivity index (χ4n) is 1.15. The number of methoxy groups -OCH3 is 1. The first kappa shape index (κ1) is 17.4. The second-order valence-corrected chi connectivity index (χ2v) is 8.59. The van der Waals surface area contributed by atoms with Crippen molar-refractivity contribution in [3.8, 4) is 0 Å². The lowest BCUT2D eigenvalue weighted by Crippen LogP contribution is -2.30. The van der Waals surface area contributed by atoms with Gasteiger partial charge in [-0.15, -0.1) is 0 Å². The maximum absolute atomic E-state index is 11.7. The van der Waals surface area contributed by atoms with Crippen molar-refractivity contribution >= 4 is 26.0 Å². The van der Waals surface area contributed by atoms with E-state index in [4.69, 9.17) is 4.74 Å². The molecule has 1 atom stereocenters. The van der Waals surface area contributed by atoms with Crippen molar-refractivity contribution in [3.05, 3.63) is 0 Å². The van der Waals surface area contributed by atoms with Crippen LogP contribution in [0.2, 0.25) is 0 Å². The topological polar surface area (TPSA) is 55.4 Å². The average molecular weight is 330 g/mol. The maximum atomic E-state index is 11.7. The molecule has 0 bridgehead atoms. The molecule has 1 unspecified atom stereocenters. The minimum absolute atomic E-state index is 0.0444. The third-order valence-electron chi connectivity index (χ3n) is 2.25. The van der Waals surface area contributed by atoms with E-state index in [0.717, 1.165) is 6.42 Å². The van der Waals surface area contributed by atoms with Crippen LogP contribution in [-0.4, -0.2) is 39.3 Å². The van der Waals surface area contributed by atoms with Gasteiger partial charge >= 0.3 is 0 Å². The molecule has 6 heteroatoms. The first-order valence-electron chi connectivity index (χ1n) is 5.76. The molecule has 0 aromatic rings. The Bertz CT molecular complexity index is 298. The second-order valence-electron chi connectivity index (χ2n) is 5.37. The van der Waals surface area contributed by atoms with Crippen molar-refractivity contribution in [3.63, 3.8) is 0 Å². The summed E-state index contributed by atoms with van der Waals surface area (Å²) in [5, 5.41) is 0. The number of rotatable bonds is 8. The van der Waals surface area contributed by atoms with Gasteiger partial charge in [0.25, 0.3) is 0 Å². The number of ether oxygens (including phenoxy) is 1. The number of sulfonamides is 1. The minimum Gasteiger partial charge on any atom is -0.384 e. The molecule has 1 N–H and O–H groups in total. The fourth-order valence-corrected chi connectivity index (χ4v) is 3.10. The van der Waals surface area contributed by atoms with Gasteiger partial charge < -0.3 is 4.74 Å². The zero-order valence-corrected chi connectivity index (χ0v) is 13.5. The molecule has 4 nitrogen and oxygen atoms in total. The molecule has 0 rings (SSSR count). The third-order valence-corrected chi connectivity index (χ3v) is 4.36. The predicted molar refractivity (Wildman–Crippen MR) is 75.1 cm³/mol. The van der Waals surface area contributed by atoms with E-state index < -0.39 is 10.0 Å². The van der Waals surface area contributed by atoms with Gasteiger partial charge in [-0.1, -0.05) is 36.7 Å². The summed E-state index contributed by atoms with van der Waals surface area (Å²) in [5.41, 5.74) is 0.0444. The molecule has 104 valence electrons. The molecule has 0 spiro atoms. The summed E-state index contributed by atoms with van der Waals surface area (Å²) in [6, 6.07) is 0. The minimum atomic E-state index is -3.14. The van der Waals surface area contributed by atoms with Crippen molar-refractivity contribution < 1.29 is 13.2 Å². The molecule has 0 aliphatic carbocycles. The molecule has 0 aromatic carbocycles. The Morgan fingerprint density at radius 3 is 2.41 bits per heavy atom. The van der Waals surface area contributed by atoms with Crippen LogP contribution in [-0.2, 0) is 14.8 Å². The smallest absolute Gasteiger partial charge is 0.211 e. The highest BCUT2D eigenvalue weighted by molar-refractivity contribution is 9.09. The summed E-state index contributed by atoms with van der Waals surface area (Å²) in [7, 11) is -1.51. The highest BCUT2D eigenvalue weighted by atomic mass is 79.9. The first-order chi connectivity index (χ1) is 7.66. The van der Waals surface area contributed by atoms with Crippen LogP contribution < -0.4 is 4.72 Å². The van der Waals surface area contributed by atoms with Gasteiger partial charge in [-0.05, 0) is 18.3 Å². The Hall–Kier alpha value is 0.350. The molecule has 17 heavy (non-hydrogen) atoms. The van der Waals surface area contributed by atoms with Gasteiger partial charge in [0.2, 0.25) is 10.0 Å². The Balaban J connectivity index is 3.87. The van der Waals surface area contributed by atoms with Gasteiger partial charge in [-0.3, -0.25) is 0 Å². The van der Waals surface area contributed by atoms with Crippen LogP contribution in [0.4, 0.5) is 0 Å². The molecule has 0 aliphatic rings. The van der Waals surface area contributed by atoms with Crippen LogP contribution in [0.1, 0.15) is 33.6 Å². The van der Waals surface area contributed by atoms with Gasteiger partial charge in [0.1, 0.15) is 0 Å². The van der Waals surface area contributed by atoms with Crippen LogP contribution in [0.25, 0.3) is 0 Å². The molecule has 0 radical (unpaired) electrons. The van der Waals surface area contributed by atoms with E-state index in [1.807, 2.05) is 20.8 Å². The lowest BCUT2D eigenvalue weighted by molar-refractivity contribution is 0.199. The summed E-state index contributed by atoms with van der Waals surface area (Å²) in [6.45, 7) is 7.15. The van der Waals surface area contributed by atoms with Crippen molar-refractivity contribution in [2.45, 2.75) is 38.4 Å². The highest BCUT2D eigenvalue weighted by Crippen LogP contribution is 2.18. The zero-order valence-electron chi connectivity index (χ0n) is 11.1. The molecular formula is C11H24BrNO3S. The van der Waals surface area contributed by atoms with Gasteiger partial charge in [-0.25, -0.2) is 13.1 Å². The van der Waals surface area contributed by atoms with Crippen LogP contribution in [0.3, 0.4) is 0 Å². The number of halogens is 1. The van der Waals surface area contributed by atoms with Crippen molar-refractivity contribution in [1.29, 1.82) is 0 Å². The quantitative estimate of drug-likeness (QED) is 0.694. The summed E-state index contributed by atoms with van der Waals surface area (Å²) in [4.78, 5) is 0.192. The summed E-state index contributed by atoms with van der Waals surface area (Å²) < 4.78 is 30.9. The van der Waals surface area contributed by atoms with Gasteiger partial charge in [0.15, 0.2) is 0 Å². The summed E-state index contributed by atoms with van der Waals surface area (Å²) in [6.07, 6.45) is 1.39. The molecule has 0 aliphatic heterocycles. The van der Waals surface area contributed by atoms with Crippen LogP contribution in [0, 0.1) is 5.41 Å². The third kappa shape index (κ3) is 11.2. The Morgan fingerprint density at radius 2 is 1.94 bits per heavy atom. The second kappa shape index (κ2) is 7.71. The molecule has 0 amide bonds. The maximum Gasteiger partial charge on any atom is 0.211 e. The predicted octanol–water partition coefficient (Wildman–Crippen LogP) is 2.14. The molecule has 0 heterocycles. The SMILES string of the molecule is COCC(Br)CCNS(=O)(=O)CCC(C)(C)C. The largest absolute Gasteiger partial charge is 0.384 e. The van der Waals surface area contributed by atoms with Gasteiger partial charge in [0, 0.05) is 18.5 Å². The lowest BCUT2D eigenvalue weighted by atomic mass is 9.94. The lowest BCUT2D eigenvalue weighted by Gasteiger charge is -2.18. The van der Waals surface area contributed by atoms with Gasteiger partial charge in [0.05, 0.1) is 12.4 Å². The molecule has 0 aromatic heterocycles. The monoisotopic (exact) mass is 329 g/mol. The molecule has 0 saturated carbocycles. The summed E-state index contributed by atoms with van der Waals surface area (Å²) in [5.74, 6) is 0.188. The van der Waals surface area contributed by atoms with E-state index in [1.54, 1.807) is 7.11 Å². The standard InChI is InChI=1S/C11H24BrNO3S/c1-11(2,3)6-8-17(14,15)13-7-5-10(12)9-16-4/h10,13H,5-9H2,1-4H3. The van der Waals surface area contributed by atoms with E-state index in [-0.39, 0.29) is 16.0 Å². The van der Waals surface area contributed by atoms with Crippen molar-refractivity contribution in [1.82, 2.24) is 4.72 Å². The van der Waals surface area contributed by atoms with E-state index in [1.165, 1.54) is 0 Å². The van der Waals surface area contributed by atoms with Crippen LogP contribution in [0.15, 0.2) is 0 Å². The Morgan fingerprint density at radius 1 is 1.35 bits per heavy atom. The number of alkyl halides is 1. The highest BCUT2D eigenvalue weighted by Gasteiger charge is 2.17.